The van der Waals surface area contributed by atoms with Gasteiger partial charge in [0.05, 0.1) is 0 Å². The lowest BCUT2D eigenvalue weighted by Gasteiger charge is -2.05. The van der Waals surface area contributed by atoms with Crippen LogP contribution in [0.3, 0.4) is 0 Å². The lowest BCUT2D eigenvalue weighted by molar-refractivity contribution is -0.118. The molecule has 2 amide bonds. The predicted molar refractivity (Wildman–Crippen MR) is 71.8 cm³/mol. The molecular weight excluding hydrogens is 291 g/mol. The average Bonchev–Trinajstić information content (AvgIpc) is 2.21. The Labute approximate surface area is 113 Å². The maximum absolute atomic E-state index is 10.6. The summed E-state index contributed by atoms with van der Waals surface area (Å²) in [5.41, 5.74) is 9.99. The minimum Gasteiger partial charge on any atom is -0.368 e. The number of carbonyl (C=O) groups excluding carboxylic acids is 2. The summed E-state index contributed by atoms with van der Waals surface area (Å²) < 4.78 is 0. The van der Waals surface area contributed by atoms with Gasteiger partial charge in [0.2, 0.25) is 11.8 Å². The maximum atomic E-state index is 10.6. The molecule has 2 unspecified atom stereocenters. The molecule has 0 heterocycles. The van der Waals surface area contributed by atoms with Gasteiger partial charge in [-0.05, 0) is 12.8 Å². The smallest absolute Gasteiger partial charge is 0.235 e. The summed E-state index contributed by atoms with van der Waals surface area (Å²) in [5, 5.41) is -1.22. The quantitative estimate of drug-likeness (QED) is 0.382. The van der Waals surface area contributed by atoms with Crippen LogP contribution in [0.25, 0.3) is 0 Å². The van der Waals surface area contributed by atoms with Crippen LogP contribution in [0.4, 0.5) is 0 Å². The molecule has 4 N–H and O–H groups in total. The third-order valence-corrected chi connectivity index (χ3v) is 4.95. The van der Waals surface area contributed by atoms with E-state index < -0.39 is 22.6 Å². The predicted octanol–water partition coefficient (Wildman–Crippen LogP) is 1.33. The van der Waals surface area contributed by atoms with Crippen LogP contribution in [-0.2, 0) is 9.59 Å². The molecule has 2 atom stereocenters. The summed E-state index contributed by atoms with van der Waals surface area (Å²) >= 11 is 11.3. The molecule has 0 rings (SSSR count). The van der Waals surface area contributed by atoms with E-state index in [1.165, 1.54) is 0 Å². The van der Waals surface area contributed by atoms with Gasteiger partial charge in [-0.15, -0.1) is 23.2 Å². The van der Waals surface area contributed by atoms with E-state index in [2.05, 4.69) is 0 Å². The van der Waals surface area contributed by atoms with Crippen molar-refractivity contribution in [2.45, 2.75) is 23.6 Å². The fraction of sp³-hybridized carbons (Fsp3) is 0.750. The van der Waals surface area contributed by atoms with Gasteiger partial charge in [-0.2, -0.15) is 0 Å². The van der Waals surface area contributed by atoms with Crippen LogP contribution in [0.1, 0.15) is 12.8 Å². The second-order valence-corrected chi connectivity index (χ2v) is 6.72. The number of hydrogen-bond donors (Lipinski definition) is 2. The number of nitrogens with two attached hydrogens (primary N) is 2. The minimum absolute atomic E-state index is 0.498. The van der Waals surface area contributed by atoms with E-state index >= 15 is 0 Å². The summed E-state index contributed by atoms with van der Waals surface area (Å²) in [6.45, 7) is 0. The van der Waals surface area contributed by atoms with E-state index in [0.717, 1.165) is 11.5 Å². The lowest BCUT2D eigenvalue weighted by Crippen LogP contribution is -2.24. The Morgan fingerprint density at radius 1 is 0.938 bits per heavy atom. The van der Waals surface area contributed by atoms with E-state index in [1.807, 2.05) is 0 Å². The molecular formula is C8H14Cl2N2O2S2. The molecule has 0 radical (unpaired) electrons. The van der Waals surface area contributed by atoms with E-state index in [-0.39, 0.29) is 0 Å². The minimum atomic E-state index is -0.612. The lowest BCUT2D eigenvalue weighted by atomic mass is 10.3. The molecule has 0 saturated heterocycles. The van der Waals surface area contributed by atoms with Crippen molar-refractivity contribution in [1.82, 2.24) is 0 Å². The van der Waals surface area contributed by atoms with Gasteiger partial charge < -0.3 is 11.5 Å². The molecule has 4 nitrogen and oxygen atoms in total. The first kappa shape index (κ1) is 16.2. The summed E-state index contributed by atoms with van der Waals surface area (Å²) in [4.78, 5) is 21.2. The second kappa shape index (κ2) is 9.27. The fourth-order valence-corrected chi connectivity index (χ4v) is 3.37. The van der Waals surface area contributed by atoms with Crippen molar-refractivity contribution in [3.63, 3.8) is 0 Å². The first-order chi connectivity index (χ1) is 7.45. The zero-order chi connectivity index (χ0) is 12.6. The van der Waals surface area contributed by atoms with Crippen molar-refractivity contribution in [3.05, 3.63) is 0 Å². The Balaban J connectivity index is 3.34. The number of amides is 2. The molecule has 0 aliphatic rings. The molecule has 0 aromatic carbocycles. The third-order valence-electron chi connectivity index (χ3n) is 1.61. The standard InChI is InChI=1S/C8H14Cl2N2O2S2/c9-5(7(11)13)1-3-15-16-4-2-6(10)8(12)14/h5-6H,1-4H2,(H2,11,13)(H2,12,14). The zero-order valence-electron chi connectivity index (χ0n) is 8.53. The fourth-order valence-electron chi connectivity index (χ4n) is 0.706. The van der Waals surface area contributed by atoms with Crippen molar-refractivity contribution in [2.24, 2.45) is 11.5 Å². The second-order valence-electron chi connectivity index (χ2n) is 2.96. The highest BCUT2D eigenvalue weighted by Gasteiger charge is 2.12. The molecule has 0 fully saturated rings. The first-order valence-electron chi connectivity index (χ1n) is 4.56. The monoisotopic (exact) mass is 304 g/mol. The van der Waals surface area contributed by atoms with E-state index in [9.17, 15) is 9.59 Å². The van der Waals surface area contributed by atoms with Gasteiger partial charge in [-0.25, -0.2) is 0 Å². The summed E-state index contributed by atoms with van der Waals surface area (Å²) in [6.07, 6.45) is 1.07. The Bertz CT molecular complexity index is 220. The van der Waals surface area contributed by atoms with Gasteiger partial charge >= 0.3 is 0 Å². The largest absolute Gasteiger partial charge is 0.368 e. The van der Waals surface area contributed by atoms with Crippen LogP contribution in [0.15, 0.2) is 0 Å². The number of carbonyl (C=O) groups is 2. The Kier molecular flexibility index (Phi) is 9.40. The third kappa shape index (κ3) is 8.38. The number of alkyl halides is 2. The van der Waals surface area contributed by atoms with Gasteiger partial charge in [0.25, 0.3) is 0 Å². The molecule has 0 aromatic heterocycles. The molecule has 0 aliphatic heterocycles. The highest BCUT2D eigenvalue weighted by Crippen LogP contribution is 2.25. The van der Waals surface area contributed by atoms with Crippen LogP contribution in [0, 0.1) is 0 Å². The number of halogens is 2. The number of hydrogen-bond acceptors (Lipinski definition) is 4. The molecule has 0 saturated carbocycles. The van der Waals surface area contributed by atoms with E-state index in [0.29, 0.717) is 12.8 Å². The van der Waals surface area contributed by atoms with Crippen LogP contribution >= 0.6 is 44.8 Å². The molecule has 8 heteroatoms. The van der Waals surface area contributed by atoms with Crippen LogP contribution in [-0.4, -0.2) is 34.1 Å². The Morgan fingerprint density at radius 3 is 1.50 bits per heavy atom. The van der Waals surface area contributed by atoms with Crippen molar-refractivity contribution in [3.8, 4) is 0 Å². The molecule has 0 bridgehead atoms. The van der Waals surface area contributed by atoms with Gasteiger partial charge in [0, 0.05) is 11.5 Å². The highest BCUT2D eigenvalue weighted by atomic mass is 35.5. The van der Waals surface area contributed by atoms with Crippen molar-refractivity contribution < 1.29 is 9.59 Å². The Hall–Kier alpha value is 0.220. The summed E-state index contributed by atoms with van der Waals surface area (Å²) in [6, 6.07) is 0. The van der Waals surface area contributed by atoms with Crippen LogP contribution in [0.2, 0.25) is 0 Å². The van der Waals surface area contributed by atoms with Crippen LogP contribution in [0.5, 0.6) is 0 Å². The van der Waals surface area contributed by atoms with Gasteiger partial charge in [0.15, 0.2) is 0 Å². The topological polar surface area (TPSA) is 86.2 Å². The zero-order valence-corrected chi connectivity index (χ0v) is 11.7. The van der Waals surface area contributed by atoms with Gasteiger partial charge in [-0.1, -0.05) is 21.6 Å². The van der Waals surface area contributed by atoms with Crippen molar-refractivity contribution in [1.29, 1.82) is 0 Å². The summed E-state index contributed by atoms with van der Waals surface area (Å²) in [7, 11) is 3.13. The van der Waals surface area contributed by atoms with E-state index in [1.54, 1.807) is 21.6 Å². The molecule has 0 spiro atoms. The first-order valence-corrected chi connectivity index (χ1v) is 7.92. The van der Waals surface area contributed by atoms with Crippen molar-refractivity contribution in [2.75, 3.05) is 11.5 Å². The van der Waals surface area contributed by atoms with Crippen molar-refractivity contribution >= 4 is 56.6 Å². The van der Waals surface area contributed by atoms with Gasteiger partial charge in [0.1, 0.15) is 10.8 Å². The van der Waals surface area contributed by atoms with E-state index in [4.69, 9.17) is 34.7 Å². The normalized spacial score (nSPS) is 14.4. The Morgan fingerprint density at radius 2 is 1.25 bits per heavy atom. The molecule has 94 valence electrons. The number of primary amides is 2. The molecule has 0 aliphatic carbocycles. The average molecular weight is 305 g/mol. The van der Waals surface area contributed by atoms with Gasteiger partial charge in [-0.3, -0.25) is 9.59 Å². The summed E-state index contributed by atoms with van der Waals surface area (Å²) in [5.74, 6) is 0.458. The SMILES string of the molecule is NC(=O)C(Cl)CCSSCCC(Cl)C(N)=O. The highest BCUT2D eigenvalue weighted by molar-refractivity contribution is 8.76. The molecule has 0 aromatic rings. The molecule has 16 heavy (non-hydrogen) atoms. The maximum Gasteiger partial charge on any atom is 0.235 e. The van der Waals surface area contributed by atoms with Crippen LogP contribution < -0.4 is 11.5 Å². The number of rotatable bonds is 9.